The van der Waals surface area contributed by atoms with Gasteiger partial charge in [-0.25, -0.2) is 9.97 Å². The number of likely N-dealkylation sites (tertiary alicyclic amines) is 1. The minimum absolute atomic E-state index is 0.00189. The fourth-order valence-corrected chi connectivity index (χ4v) is 7.34. The number of aromatic nitrogens is 3. The van der Waals surface area contributed by atoms with Crippen LogP contribution in [0.15, 0.2) is 17.2 Å². The molecule has 1 N–H and O–H groups in total. The first-order valence-corrected chi connectivity index (χ1v) is 13.6. The van der Waals surface area contributed by atoms with Crippen molar-refractivity contribution < 1.29 is 9.59 Å². The first-order chi connectivity index (χ1) is 17.5. The van der Waals surface area contributed by atoms with Crippen LogP contribution in [0.4, 0.5) is 11.5 Å². The first kappa shape index (κ1) is 24.2. The Hall–Kier alpha value is -3.11. The van der Waals surface area contributed by atoms with Gasteiger partial charge in [0.25, 0.3) is 5.56 Å². The third kappa shape index (κ3) is 3.80. The zero-order valence-electron chi connectivity index (χ0n) is 21.9. The van der Waals surface area contributed by atoms with Crippen LogP contribution in [0.5, 0.6) is 0 Å². The number of pyridine rings is 1. The molecule has 0 aromatic carbocycles. The number of hydrogen-bond acceptors (Lipinski definition) is 8. The van der Waals surface area contributed by atoms with Crippen LogP contribution in [-0.2, 0) is 23.2 Å². The highest BCUT2D eigenvalue weighted by atomic mass is 32.1. The minimum Gasteiger partial charge on any atom is -0.339 e. The van der Waals surface area contributed by atoms with E-state index in [0.717, 1.165) is 41.7 Å². The molecule has 3 aromatic rings. The van der Waals surface area contributed by atoms with Crippen LogP contribution >= 0.6 is 11.3 Å². The Balaban J connectivity index is 1.31. The van der Waals surface area contributed by atoms with Crippen molar-refractivity contribution in [3.63, 3.8) is 0 Å². The number of fused-ring (bicyclic) bond motifs is 4. The lowest BCUT2D eigenvalue weighted by Gasteiger charge is -2.44. The van der Waals surface area contributed by atoms with Gasteiger partial charge in [0.15, 0.2) is 5.78 Å². The standard InChI is InChI=1S/C27H32N6O3S/c1-14-8-18(26(36)33-22(14)19(34)10-27(33,2)3)30-23-21-17-7-6-15(9-20(17)37-24(21)29-13-28-23)25(35)32-11-16(12-32)31(4)5/h8,13,15-16H,6-7,9-12H2,1-5H3,(H,28,29,30)/t15-/m0/s1. The second-order valence-electron chi connectivity index (χ2n) is 11.5. The summed E-state index contributed by atoms with van der Waals surface area (Å²) in [6.45, 7) is 7.32. The Bertz CT molecular complexity index is 1510. The predicted octanol–water partition coefficient (Wildman–Crippen LogP) is 3.10. The van der Waals surface area contributed by atoms with Crippen molar-refractivity contribution in [2.45, 2.75) is 58.0 Å². The van der Waals surface area contributed by atoms with Gasteiger partial charge in [0.2, 0.25) is 5.91 Å². The lowest BCUT2D eigenvalue weighted by Crippen LogP contribution is -2.60. The van der Waals surface area contributed by atoms with E-state index in [4.69, 9.17) is 0 Å². The summed E-state index contributed by atoms with van der Waals surface area (Å²) in [6, 6.07) is 2.20. The number of rotatable bonds is 4. The van der Waals surface area contributed by atoms with Gasteiger partial charge >= 0.3 is 0 Å². The second-order valence-corrected chi connectivity index (χ2v) is 12.6. The Morgan fingerprint density at radius 2 is 1.97 bits per heavy atom. The number of anilines is 2. The van der Waals surface area contributed by atoms with Gasteiger partial charge in [0.1, 0.15) is 22.7 Å². The number of ketones is 1. The highest BCUT2D eigenvalue weighted by Crippen LogP contribution is 2.41. The topological polar surface area (TPSA) is 100 Å². The van der Waals surface area contributed by atoms with Crippen LogP contribution < -0.4 is 10.9 Å². The maximum Gasteiger partial charge on any atom is 0.275 e. The molecule has 1 aliphatic carbocycles. The molecule has 37 heavy (non-hydrogen) atoms. The van der Waals surface area contributed by atoms with Gasteiger partial charge in [-0.05, 0) is 71.3 Å². The summed E-state index contributed by atoms with van der Waals surface area (Å²) in [5.74, 6) is 0.853. The van der Waals surface area contributed by atoms with Crippen molar-refractivity contribution in [3.8, 4) is 0 Å². The van der Waals surface area contributed by atoms with Crippen LogP contribution in [0.3, 0.4) is 0 Å². The molecule has 0 saturated carbocycles. The van der Waals surface area contributed by atoms with Crippen LogP contribution in [0.25, 0.3) is 10.2 Å². The number of nitrogens with one attached hydrogen (secondary N) is 1. The minimum atomic E-state index is -0.570. The molecule has 0 unspecified atom stereocenters. The van der Waals surface area contributed by atoms with Gasteiger partial charge in [-0.2, -0.15) is 0 Å². The molecule has 5 heterocycles. The number of carbonyl (C=O) groups excluding carboxylic acids is 2. The van der Waals surface area contributed by atoms with Crippen molar-refractivity contribution in [3.05, 3.63) is 44.4 Å². The summed E-state index contributed by atoms with van der Waals surface area (Å²) in [5.41, 5.74) is 2.06. The summed E-state index contributed by atoms with van der Waals surface area (Å²) in [5, 5.41) is 4.22. The largest absolute Gasteiger partial charge is 0.339 e. The van der Waals surface area contributed by atoms with Crippen molar-refractivity contribution in [1.29, 1.82) is 0 Å². The molecule has 2 aliphatic heterocycles. The number of carbonyl (C=O) groups is 2. The number of Topliss-reactive ketones (excluding diaryl/α,β-unsaturated/α-hetero) is 1. The number of likely N-dealkylation sites (N-methyl/N-ethyl adjacent to an activating group) is 1. The molecule has 3 aromatic heterocycles. The van der Waals surface area contributed by atoms with Crippen molar-refractivity contribution in [2.24, 2.45) is 5.92 Å². The third-order valence-electron chi connectivity index (χ3n) is 8.21. The predicted molar refractivity (Wildman–Crippen MR) is 144 cm³/mol. The summed E-state index contributed by atoms with van der Waals surface area (Å²) in [6.07, 6.45) is 4.13. The number of nitrogens with zero attached hydrogens (tertiary/aromatic N) is 5. The van der Waals surface area contributed by atoms with Crippen LogP contribution in [-0.4, -0.2) is 69.3 Å². The molecular formula is C27H32N6O3S. The van der Waals surface area contributed by atoms with E-state index in [-0.39, 0.29) is 23.2 Å². The van der Waals surface area contributed by atoms with E-state index >= 15 is 0 Å². The smallest absolute Gasteiger partial charge is 0.275 e. The normalized spacial score (nSPS) is 20.8. The van der Waals surface area contributed by atoms with Gasteiger partial charge < -0.3 is 15.1 Å². The molecule has 1 fully saturated rings. The molecule has 9 nitrogen and oxygen atoms in total. The quantitative estimate of drug-likeness (QED) is 0.564. The van der Waals surface area contributed by atoms with E-state index in [1.165, 1.54) is 16.8 Å². The van der Waals surface area contributed by atoms with E-state index in [0.29, 0.717) is 36.1 Å². The summed E-state index contributed by atoms with van der Waals surface area (Å²) in [7, 11) is 4.12. The fourth-order valence-electron chi connectivity index (χ4n) is 6.08. The van der Waals surface area contributed by atoms with Gasteiger partial charge in [0.05, 0.1) is 16.6 Å². The van der Waals surface area contributed by atoms with Gasteiger partial charge in [0, 0.05) is 36.3 Å². The van der Waals surface area contributed by atoms with Crippen LogP contribution in [0, 0.1) is 12.8 Å². The SMILES string of the molecule is Cc1cc(Nc2ncnc3sc4c(c23)CC[C@H](C(=O)N2CC(N(C)C)C2)C4)c(=O)n2c1C(=O)CC2(C)C. The number of thiophene rings is 1. The maximum atomic E-state index is 13.5. The van der Waals surface area contributed by atoms with Crippen molar-refractivity contribution >= 4 is 44.7 Å². The molecule has 3 aliphatic rings. The zero-order valence-corrected chi connectivity index (χ0v) is 22.7. The van der Waals surface area contributed by atoms with Crippen molar-refractivity contribution in [2.75, 3.05) is 32.5 Å². The number of aryl methyl sites for hydroxylation is 2. The Labute approximate surface area is 219 Å². The zero-order chi connectivity index (χ0) is 26.2. The lowest BCUT2D eigenvalue weighted by atomic mass is 9.86. The van der Waals surface area contributed by atoms with Crippen LogP contribution in [0.1, 0.15) is 53.2 Å². The average Bonchev–Trinajstić information content (AvgIpc) is 3.29. The van der Waals surface area contributed by atoms with Crippen LogP contribution in [0.2, 0.25) is 0 Å². The molecule has 6 rings (SSSR count). The van der Waals surface area contributed by atoms with Gasteiger partial charge in [-0.1, -0.05) is 0 Å². The Morgan fingerprint density at radius 1 is 1.22 bits per heavy atom. The number of hydrogen-bond donors (Lipinski definition) is 1. The van der Waals surface area contributed by atoms with E-state index < -0.39 is 5.54 Å². The van der Waals surface area contributed by atoms with Gasteiger partial charge in [-0.15, -0.1) is 11.3 Å². The average molecular weight is 521 g/mol. The summed E-state index contributed by atoms with van der Waals surface area (Å²) >= 11 is 1.62. The molecule has 1 saturated heterocycles. The lowest BCUT2D eigenvalue weighted by molar-refractivity contribution is -0.142. The molecule has 194 valence electrons. The monoisotopic (exact) mass is 520 g/mol. The first-order valence-electron chi connectivity index (χ1n) is 12.8. The third-order valence-corrected chi connectivity index (χ3v) is 9.37. The molecule has 0 bridgehead atoms. The van der Waals surface area contributed by atoms with E-state index in [1.54, 1.807) is 22.0 Å². The van der Waals surface area contributed by atoms with E-state index in [1.807, 2.05) is 25.7 Å². The molecule has 1 atom stereocenters. The maximum absolute atomic E-state index is 13.5. The van der Waals surface area contributed by atoms with Gasteiger partial charge in [-0.3, -0.25) is 19.0 Å². The summed E-state index contributed by atoms with van der Waals surface area (Å²) < 4.78 is 1.63. The molecule has 10 heteroatoms. The summed E-state index contributed by atoms with van der Waals surface area (Å²) in [4.78, 5) is 54.4. The molecule has 0 radical (unpaired) electrons. The van der Waals surface area contributed by atoms with Crippen molar-refractivity contribution in [1.82, 2.24) is 24.3 Å². The fraction of sp³-hybridized carbons (Fsp3) is 0.519. The highest BCUT2D eigenvalue weighted by molar-refractivity contribution is 7.19. The highest BCUT2D eigenvalue weighted by Gasteiger charge is 2.39. The molecule has 0 spiro atoms. The second kappa shape index (κ2) is 8.46. The van der Waals surface area contributed by atoms with E-state index in [2.05, 4.69) is 34.3 Å². The Kier molecular flexibility index (Phi) is 5.54. The Morgan fingerprint density at radius 3 is 2.70 bits per heavy atom. The number of amides is 1. The molecular weight excluding hydrogens is 488 g/mol. The van der Waals surface area contributed by atoms with E-state index in [9.17, 15) is 14.4 Å². The molecule has 1 amide bonds.